The lowest BCUT2D eigenvalue weighted by Crippen LogP contribution is -2.29. The molecule has 1 heterocycles. The van der Waals surface area contributed by atoms with E-state index in [2.05, 4.69) is 9.62 Å². The second-order valence-electron chi connectivity index (χ2n) is 4.12. The Hall–Kier alpha value is -1.05. The maximum Gasteiger partial charge on any atom is 0.267 e. The van der Waals surface area contributed by atoms with E-state index in [4.69, 9.17) is 17.4 Å². The van der Waals surface area contributed by atoms with Crippen molar-refractivity contribution in [2.45, 2.75) is 18.9 Å². The van der Waals surface area contributed by atoms with Crippen LogP contribution >= 0.6 is 24.2 Å². The number of rotatable bonds is 2. The van der Waals surface area contributed by atoms with Crippen molar-refractivity contribution in [1.29, 1.82) is 0 Å². The SMILES string of the molecule is [O-][N+](O)=C1C=CC(NSC(=S)N2CCCC2)C=C1. The summed E-state index contributed by atoms with van der Waals surface area (Å²) in [6, 6.07) is 0.0132. The zero-order chi connectivity index (χ0) is 13.0. The molecule has 0 aromatic rings. The molecule has 2 N–H and O–H groups in total. The predicted octanol–water partition coefficient (Wildman–Crippen LogP) is 1.44. The monoisotopic (exact) mass is 285 g/mol. The summed E-state index contributed by atoms with van der Waals surface area (Å²) in [5.41, 5.74) is 0.222. The molecule has 0 unspecified atom stereocenters. The smallest absolute Gasteiger partial charge is 0.267 e. The molecule has 1 fully saturated rings. The van der Waals surface area contributed by atoms with Gasteiger partial charge in [0.25, 0.3) is 5.71 Å². The average molecular weight is 285 g/mol. The molecule has 0 amide bonds. The largest absolute Gasteiger partial charge is 0.417 e. The van der Waals surface area contributed by atoms with E-state index < -0.39 is 0 Å². The Morgan fingerprint density at radius 1 is 1.44 bits per heavy atom. The Morgan fingerprint density at radius 2 is 2.06 bits per heavy atom. The Labute approximate surface area is 116 Å². The molecule has 2 rings (SSSR count). The number of likely N-dealkylation sites (tertiary alicyclic amines) is 1. The molecule has 0 radical (unpaired) electrons. The van der Waals surface area contributed by atoms with Crippen molar-refractivity contribution in [3.05, 3.63) is 29.5 Å². The Kier molecular flexibility index (Phi) is 4.62. The van der Waals surface area contributed by atoms with Gasteiger partial charge < -0.3 is 10.1 Å². The van der Waals surface area contributed by atoms with Gasteiger partial charge in [0.15, 0.2) is 4.32 Å². The van der Waals surface area contributed by atoms with Crippen LogP contribution in [-0.2, 0) is 0 Å². The number of nitrogens with one attached hydrogen (secondary N) is 1. The number of thiocarbonyl (C=S) groups is 1. The first kappa shape index (κ1) is 13.4. The molecule has 5 nitrogen and oxygen atoms in total. The third-order valence-electron chi connectivity index (χ3n) is 2.82. The molecule has 1 aliphatic carbocycles. The van der Waals surface area contributed by atoms with Crippen LogP contribution in [0, 0.1) is 5.21 Å². The summed E-state index contributed by atoms with van der Waals surface area (Å²) in [7, 11) is 0. The van der Waals surface area contributed by atoms with E-state index in [1.165, 1.54) is 24.8 Å². The van der Waals surface area contributed by atoms with Crippen LogP contribution in [0.5, 0.6) is 0 Å². The van der Waals surface area contributed by atoms with E-state index in [9.17, 15) is 5.21 Å². The molecule has 18 heavy (non-hydrogen) atoms. The van der Waals surface area contributed by atoms with E-state index >= 15 is 0 Å². The maximum atomic E-state index is 10.6. The molecule has 0 atom stereocenters. The number of allylic oxidation sites excluding steroid dienone is 2. The highest BCUT2D eigenvalue weighted by atomic mass is 32.2. The molecule has 0 aromatic carbocycles. The van der Waals surface area contributed by atoms with Crippen molar-refractivity contribution < 1.29 is 10.1 Å². The van der Waals surface area contributed by atoms with Crippen LogP contribution in [0.15, 0.2) is 24.3 Å². The zero-order valence-corrected chi connectivity index (χ0v) is 11.4. The first-order valence-electron chi connectivity index (χ1n) is 5.77. The number of nitrogens with zero attached hydrogens (tertiary/aromatic N) is 2. The minimum absolute atomic E-state index is 0.0132. The molecule has 0 saturated carbocycles. The van der Waals surface area contributed by atoms with Crippen molar-refractivity contribution in [2.75, 3.05) is 13.1 Å². The van der Waals surface area contributed by atoms with Gasteiger partial charge in [-0.3, -0.25) is 5.21 Å². The molecule has 0 bridgehead atoms. The minimum Gasteiger partial charge on any atom is -0.417 e. The van der Waals surface area contributed by atoms with Gasteiger partial charge in [0.2, 0.25) is 0 Å². The van der Waals surface area contributed by atoms with Crippen molar-refractivity contribution in [1.82, 2.24) is 9.62 Å². The average Bonchev–Trinajstić information content (AvgIpc) is 2.90. The van der Waals surface area contributed by atoms with E-state index in [0.717, 1.165) is 17.4 Å². The second kappa shape index (κ2) is 6.21. The molecule has 2 aliphatic rings. The van der Waals surface area contributed by atoms with E-state index in [1.54, 1.807) is 24.3 Å². The summed E-state index contributed by atoms with van der Waals surface area (Å²) in [5, 5.41) is 19.3. The van der Waals surface area contributed by atoms with Crippen molar-refractivity contribution in [3.63, 3.8) is 0 Å². The van der Waals surface area contributed by atoms with Crippen LogP contribution in [0.3, 0.4) is 0 Å². The molecule has 1 aliphatic heterocycles. The van der Waals surface area contributed by atoms with Crippen LogP contribution in [0.4, 0.5) is 0 Å². The Morgan fingerprint density at radius 3 is 2.61 bits per heavy atom. The first-order chi connectivity index (χ1) is 8.66. The van der Waals surface area contributed by atoms with Gasteiger partial charge in [0.05, 0.1) is 6.04 Å². The van der Waals surface area contributed by atoms with Gasteiger partial charge in [0, 0.05) is 30.1 Å². The van der Waals surface area contributed by atoms with Crippen molar-refractivity contribution >= 4 is 34.2 Å². The third-order valence-corrected chi connectivity index (χ3v) is 4.15. The minimum atomic E-state index is -0.148. The quantitative estimate of drug-likeness (QED) is 0.263. The Balaban J connectivity index is 1.79. The van der Waals surface area contributed by atoms with Gasteiger partial charge in [-0.1, -0.05) is 24.4 Å². The summed E-state index contributed by atoms with van der Waals surface area (Å²) in [4.78, 5) is 2.04. The maximum absolute atomic E-state index is 10.6. The first-order valence-corrected chi connectivity index (χ1v) is 7.00. The van der Waals surface area contributed by atoms with E-state index in [0.29, 0.717) is 0 Å². The fourth-order valence-electron chi connectivity index (χ4n) is 1.81. The summed E-state index contributed by atoms with van der Waals surface area (Å²) >= 11 is 6.75. The summed E-state index contributed by atoms with van der Waals surface area (Å²) in [6.45, 7) is 2.08. The fourth-order valence-corrected chi connectivity index (χ4v) is 2.85. The lowest BCUT2D eigenvalue weighted by atomic mass is 10.1. The number of hydrogen-bond acceptors (Lipinski definition) is 5. The highest BCUT2D eigenvalue weighted by Crippen LogP contribution is 2.15. The van der Waals surface area contributed by atoms with Gasteiger partial charge >= 0.3 is 0 Å². The molecule has 0 spiro atoms. The highest BCUT2D eigenvalue weighted by Gasteiger charge is 2.17. The van der Waals surface area contributed by atoms with Crippen LogP contribution < -0.4 is 4.72 Å². The summed E-state index contributed by atoms with van der Waals surface area (Å²) in [5.74, 6) is 0. The molecule has 0 aromatic heterocycles. The molecule has 1 saturated heterocycles. The lowest BCUT2D eigenvalue weighted by molar-refractivity contribution is -0.725. The third kappa shape index (κ3) is 3.47. The fraction of sp³-hybridized carbons (Fsp3) is 0.455. The van der Waals surface area contributed by atoms with Crippen LogP contribution in [0.25, 0.3) is 0 Å². The van der Waals surface area contributed by atoms with E-state index in [-0.39, 0.29) is 16.7 Å². The topological polar surface area (TPSA) is 61.6 Å². The molecular formula is C11H15N3O2S2. The van der Waals surface area contributed by atoms with Gasteiger partial charge in [-0.05, 0) is 24.8 Å². The summed E-state index contributed by atoms with van der Waals surface area (Å²) in [6.07, 6.45) is 9.16. The van der Waals surface area contributed by atoms with Crippen molar-refractivity contribution in [2.24, 2.45) is 0 Å². The van der Waals surface area contributed by atoms with Crippen LogP contribution in [0.2, 0.25) is 0 Å². The molecular weight excluding hydrogens is 270 g/mol. The van der Waals surface area contributed by atoms with Gasteiger partial charge in [-0.25, -0.2) is 4.72 Å². The van der Waals surface area contributed by atoms with Crippen molar-refractivity contribution in [3.8, 4) is 0 Å². The highest BCUT2D eigenvalue weighted by molar-refractivity contribution is 8.21. The Bertz CT molecular complexity index is 395. The molecule has 7 heteroatoms. The van der Waals surface area contributed by atoms with Crippen LogP contribution in [0.1, 0.15) is 12.8 Å². The lowest BCUT2D eigenvalue weighted by Gasteiger charge is -2.19. The predicted molar refractivity (Wildman–Crippen MR) is 76.6 cm³/mol. The number of hydrogen-bond donors (Lipinski definition) is 2. The molecule has 98 valence electrons. The van der Waals surface area contributed by atoms with Crippen LogP contribution in [-0.4, -0.2) is 44.2 Å². The van der Waals surface area contributed by atoms with Gasteiger partial charge in [-0.2, -0.15) is 0 Å². The summed E-state index contributed by atoms with van der Waals surface area (Å²) < 4.78 is 4.06. The van der Waals surface area contributed by atoms with Gasteiger partial charge in [0.1, 0.15) is 0 Å². The zero-order valence-electron chi connectivity index (χ0n) is 9.78. The standard InChI is InChI=1S/C11H15N3O2S2/c15-14(16)10-5-3-9(4-6-10)12-18-11(17)13-7-1-2-8-13/h3-6,9,12H,1-2,7-8H2,(H,15,16). The normalized spacial score (nSPS) is 22.6. The van der Waals surface area contributed by atoms with Gasteiger partial charge in [-0.15, -0.1) is 0 Å². The second-order valence-corrected chi connectivity index (χ2v) is 5.59. The van der Waals surface area contributed by atoms with E-state index in [1.807, 2.05) is 0 Å².